The molecule has 1 aliphatic rings. The van der Waals surface area contributed by atoms with E-state index in [0.717, 1.165) is 12.0 Å². The fraction of sp³-hybridized carbons (Fsp3) is 0.562. The molecule has 0 radical (unpaired) electrons. The summed E-state index contributed by atoms with van der Waals surface area (Å²) in [5.41, 5.74) is 2.21. The van der Waals surface area contributed by atoms with Gasteiger partial charge in [-0.15, -0.1) is 0 Å². The number of aliphatic hydroxyl groups is 1. The normalized spacial score (nSPS) is 27.9. The Morgan fingerprint density at radius 1 is 1.33 bits per heavy atom. The van der Waals surface area contributed by atoms with Gasteiger partial charge in [0.2, 0.25) is 0 Å². The van der Waals surface area contributed by atoms with Crippen LogP contribution in [0, 0.1) is 11.8 Å². The Bertz CT molecular complexity index is 409. The SMILES string of the molecule is CCC(C)C(=O)CC1C(C)c2ccccc2C1O. The highest BCUT2D eigenvalue weighted by Gasteiger charge is 2.38. The number of carbonyl (C=O) groups excluding carboxylic acids is 1. The second kappa shape index (κ2) is 5.23. The van der Waals surface area contributed by atoms with Crippen LogP contribution in [0.5, 0.6) is 0 Å². The summed E-state index contributed by atoms with van der Waals surface area (Å²) in [5.74, 6) is 0.697. The molecule has 1 aromatic carbocycles. The summed E-state index contributed by atoms with van der Waals surface area (Å²) in [6, 6.07) is 8.00. The zero-order valence-electron chi connectivity index (χ0n) is 11.4. The van der Waals surface area contributed by atoms with Gasteiger partial charge < -0.3 is 5.11 Å². The summed E-state index contributed by atoms with van der Waals surface area (Å²) in [7, 11) is 0. The summed E-state index contributed by atoms with van der Waals surface area (Å²) >= 11 is 0. The fourth-order valence-electron chi connectivity index (χ4n) is 2.88. The Balaban J connectivity index is 2.16. The highest BCUT2D eigenvalue weighted by atomic mass is 16.3. The first-order chi connectivity index (χ1) is 8.56. The van der Waals surface area contributed by atoms with Crippen molar-refractivity contribution in [2.24, 2.45) is 11.8 Å². The lowest BCUT2D eigenvalue weighted by molar-refractivity contribution is -0.124. The molecule has 0 spiro atoms. The minimum absolute atomic E-state index is 0.0453. The van der Waals surface area contributed by atoms with E-state index in [1.54, 1.807) is 0 Å². The molecule has 4 atom stereocenters. The van der Waals surface area contributed by atoms with Crippen molar-refractivity contribution in [2.45, 2.75) is 45.6 Å². The van der Waals surface area contributed by atoms with Crippen LogP contribution in [0.25, 0.3) is 0 Å². The molecule has 4 unspecified atom stereocenters. The first-order valence-corrected chi connectivity index (χ1v) is 6.85. The molecular formula is C16H22O2. The van der Waals surface area contributed by atoms with Gasteiger partial charge in [0, 0.05) is 18.3 Å². The predicted octanol–water partition coefficient (Wildman–Crippen LogP) is 3.46. The maximum atomic E-state index is 12.1. The van der Waals surface area contributed by atoms with Crippen molar-refractivity contribution in [1.82, 2.24) is 0 Å². The van der Waals surface area contributed by atoms with E-state index >= 15 is 0 Å². The van der Waals surface area contributed by atoms with Gasteiger partial charge in [-0.3, -0.25) is 4.79 Å². The van der Waals surface area contributed by atoms with E-state index in [9.17, 15) is 9.90 Å². The van der Waals surface area contributed by atoms with E-state index in [0.29, 0.717) is 6.42 Å². The van der Waals surface area contributed by atoms with Crippen molar-refractivity contribution in [3.63, 3.8) is 0 Å². The number of rotatable bonds is 4. The van der Waals surface area contributed by atoms with Crippen LogP contribution in [0.2, 0.25) is 0 Å². The van der Waals surface area contributed by atoms with Crippen LogP contribution in [-0.2, 0) is 4.79 Å². The van der Waals surface area contributed by atoms with Gasteiger partial charge in [-0.1, -0.05) is 45.0 Å². The van der Waals surface area contributed by atoms with Crippen LogP contribution in [-0.4, -0.2) is 10.9 Å². The zero-order valence-corrected chi connectivity index (χ0v) is 11.4. The van der Waals surface area contributed by atoms with Gasteiger partial charge in [0.1, 0.15) is 5.78 Å². The number of hydrogen-bond donors (Lipinski definition) is 1. The maximum absolute atomic E-state index is 12.1. The van der Waals surface area contributed by atoms with Crippen LogP contribution in [0.4, 0.5) is 0 Å². The minimum Gasteiger partial charge on any atom is -0.388 e. The molecule has 98 valence electrons. The van der Waals surface area contributed by atoms with Gasteiger partial charge in [0.05, 0.1) is 6.10 Å². The molecule has 2 nitrogen and oxygen atoms in total. The van der Waals surface area contributed by atoms with Crippen LogP contribution in [0.15, 0.2) is 24.3 Å². The second-order valence-corrected chi connectivity index (χ2v) is 5.51. The second-order valence-electron chi connectivity index (χ2n) is 5.51. The lowest BCUT2D eigenvalue weighted by Gasteiger charge is -2.20. The number of Topliss-reactive ketones (excluding diaryl/α,β-unsaturated/α-hetero) is 1. The molecule has 0 fully saturated rings. The van der Waals surface area contributed by atoms with E-state index in [4.69, 9.17) is 0 Å². The topological polar surface area (TPSA) is 37.3 Å². The number of ketones is 1. The predicted molar refractivity (Wildman–Crippen MR) is 72.4 cm³/mol. The van der Waals surface area contributed by atoms with Gasteiger partial charge in [-0.05, 0) is 23.5 Å². The minimum atomic E-state index is -0.482. The largest absolute Gasteiger partial charge is 0.388 e. The van der Waals surface area contributed by atoms with Gasteiger partial charge in [-0.2, -0.15) is 0 Å². The van der Waals surface area contributed by atoms with Crippen LogP contribution in [0.3, 0.4) is 0 Å². The van der Waals surface area contributed by atoms with Crippen LogP contribution >= 0.6 is 0 Å². The number of benzene rings is 1. The summed E-state index contributed by atoms with van der Waals surface area (Å²) in [4.78, 5) is 12.1. The average molecular weight is 246 g/mol. The van der Waals surface area contributed by atoms with Crippen molar-refractivity contribution in [3.8, 4) is 0 Å². The van der Waals surface area contributed by atoms with Crippen molar-refractivity contribution in [1.29, 1.82) is 0 Å². The number of hydrogen-bond acceptors (Lipinski definition) is 2. The molecule has 0 amide bonds. The van der Waals surface area contributed by atoms with E-state index in [1.165, 1.54) is 5.56 Å². The fourth-order valence-corrected chi connectivity index (χ4v) is 2.88. The smallest absolute Gasteiger partial charge is 0.136 e. The first kappa shape index (κ1) is 13.3. The Hall–Kier alpha value is -1.15. The van der Waals surface area contributed by atoms with Crippen molar-refractivity contribution >= 4 is 5.78 Å². The summed E-state index contributed by atoms with van der Waals surface area (Å²) in [6.07, 6.45) is 0.888. The average Bonchev–Trinajstić information content (AvgIpc) is 2.63. The molecule has 0 heterocycles. The molecule has 2 rings (SSSR count). The molecule has 1 N–H and O–H groups in total. The van der Waals surface area contributed by atoms with Crippen molar-refractivity contribution in [2.75, 3.05) is 0 Å². The van der Waals surface area contributed by atoms with Gasteiger partial charge in [-0.25, -0.2) is 0 Å². The third kappa shape index (κ3) is 2.22. The number of carbonyl (C=O) groups is 1. The molecule has 2 heteroatoms. The van der Waals surface area contributed by atoms with E-state index in [1.807, 2.05) is 32.0 Å². The van der Waals surface area contributed by atoms with Crippen molar-refractivity contribution < 1.29 is 9.90 Å². The summed E-state index contributed by atoms with van der Waals surface area (Å²) < 4.78 is 0. The third-order valence-electron chi connectivity index (χ3n) is 4.45. The maximum Gasteiger partial charge on any atom is 0.136 e. The first-order valence-electron chi connectivity index (χ1n) is 6.85. The zero-order chi connectivity index (χ0) is 13.3. The Morgan fingerprint density at radius 3 is 2.50 bits per heavy atom. The monoisotopic (exact) mass is 246 g/mol. The highest BCUT2D eigenvalue weighted by molar-refractivity contribution is 5.81. The standard InChI is InChI=1S/C16H22O2/c1-4-10(2)15(17)9-14-11(3)12-7-5-6-8-13(12)16(14)18/h5-8,10-11,14,16,18H,4,9H2,1-3H3. The van der Waals surface area contributed by atoms with E-state index in [-0.39, 0.29) is 23.5 Å². The van der Waals surface area contributed by atoms with E-state index < -0.39 is 6.10 Å². The van der Waals surface area contributed by atoms with Gasteiger partial charge in [0.15, 0.2) is 0 Å². The highest BCUT2D eigenvalue weighted by Crippen LogP contribution is 2.46. The van der Waals surface area contributed by atoms with E-state index in [2.05, 4.69) is 13.0 Å². The molecule has 18 heavy (non-hydrogen) atoms. The van der Waals surface area contributed by atoms with Crippen molar-refractivity contribution in [3.05, 3.63) is 35.4 Å². The van der Waals surface area contributed by atoms with Crippen LogP contribution in [0.1, 0.15) is 56.8 Å². The Morgan fingerprint density at radius 2 is 1.94 bits per heavy atom. The summed E-state index contributed by atoms with van der Waals surface area (Å²) in [6.45, 7) is 6.12. The molecule has 0 saturated carbocycles. The molecule has 0 bridgehead atoms. The number of fused-ring (bicyclic) bond motifs is 1. The molecular weight excluding hydrogens is 224 g/mol. The molecule has 0 aliphatic heterocycles. The molecule has 1 aliphatic carbocycles. The molecule has 1 aromatic rings. The quantitative estimate of drug-likeness (QED) is 0.883. The van der Waals surface area contributed by atoms with Gasteiger partial charge >= 0.3 is 0 Å². The van der Waals surface area contributed by atoms with Crippen LogP contribution < -0.4 is 0 Å². The molecule has 0 aromatic heterocycles. The van der Waals surface area contributed by atoms with Gasteiger partial charge in [0.25, 0.3) is 0 Å². The molecule has 0 saturated heterocycles. The summed E-state index contributed by atoms with van der Waals surface area (Å²) in [5, 5.41) is 10.4. The Kier molecular flexibility index (Phi) is 3.86. The Labute approximate surface area is 109 Å². The lowest BCUT2D eigenvalue weighted by Crippen LogP contribution is -2.19. The lowest BCUT2D eigenvalue weighted by atomic mass is 9.85. The number of aliphatic hydroxyl groups excluding tert-OH is 1. The third-order valence-corrected chi connectivity index (χ3v) is 4.45.